The van der Waals surface area contributed by atoms with Crippen LogP contribution in [0.5, 0.6) is 0 Å². The minimum absolute atomic E-state index is 0.0468. The predicted molar refractivity (Wildman–Crippen MR) is 55.3 cm³/mol. The Bertz CT molecular complexity index is 253. The van der Waals surface area contributed by atoms with Crippen molar-refractivity contribution in [2.75, 3.05) is 19.7 Å². The first-order valence-corrected chi connectivity index (χ1v) is 5.21. The summed E-state index contributed by atoms with van der Waals surface area (Å²) < 4.78 is 5.35. The minimum atomic E-state index is -0.387. The second-order valence-electron chi connectivity index (χ2n) is 3.90. The molecule has 1 unspecified atom stereocenters. The van der Waals surface area contributed by atoms with Crippen LogP contribution in [0.25, 0.3) is 0 Å². The lowest BCUT2D eigenvalue weighted by molar-refractivity contribution is -0.145. The smallest absolute Gasteiger partial charge is 0.242 e. The van der Waals surface area contributed by atoms with Gasteiger partial charge in [-0.1, -0.05) is 0 Å². The predicted octanol–water partition coefficient (Wildman–Crippen LogP) is -0.242. The first kappa shape index (κ1) is 12.0. The SMILES string of the molecule is CC(C)OCCN1C(=O)CNC(=O)C1C. The van der Waals surface area contributed by atoms with Crippen molar-refractivity contribution in [2.45, 2.75) is 32.9 Å². The van der Waals surface area contributed by atoms with Crippen molar-refractivity contribution in [1.29, 1.82) is 0 Å². The Hall–Kier alpha value is -1.10. The van der Waals surface area contributed by atoms with Crippen LogP contribution in [-0.4, -0.2) is 48.6 Å². The van der Waals surface area contributed by atoms with E-state index in [0.29, 0.717) is 13.2 Å². The fourth-order valence-corrected chi connectivity index (χ4v) is 1.47. The van der Waals surface area contributed by atoms with Crippen molar-refractivity contribution in [1.82, 2.24) is 10.2 Å². The Morgan fingerprint density at radius 2 is 2.20 bits per heavy atom. The van der Waals surface area contributed by atoms with Crippen LogP contribution in [0.2, 0.25) is 0 Å². The summed E-state index contributed by atoms with van der Waals surface area (Å²) in [6.45, 7) is 6.65. The Balaban J connectivity index is 2.43. The molecule has 0 aliphatic carbocycles. The standard InChI is InChI=1S/C10H18N2O3/c1-7(2)15-5-4-12-8(3)10(14)11-6-9(12)13/h7-8H,4-6H2,1-3H3,(H,11,14). The van der Waals surface area contributed by atoms with Crippen LogP contribution in [0.15, 0.2) is 0 Å². The molecule has 2 amide bonds. The van der Waals surface area contributed by atoms with Gasteiger partial charge in [0.25, 0.3) is 0 Å². The van der Waals surface area contributed by atoms with Crippen molar-refractivity contribution in [2.24, 2.45) is 0 Å². The van der Waals surface area contributed by atoms with Gasteiger partial charge in [0.05, 0.1) is 19.3 Å². The lowest BCUT2D eigenvalue weighted by Crippen LogP contribution is -2.57. The summed E-state index contributed by atoms with van der Waals surface area (Å²) in [6, 6.07) is -0.387. The zero-order valence-corrected chi connectivity index (χ0v) is 9.45. The van der Waals surface area contributed by atoms with Crippen LogP contribution in [0, 0.1) is 0 Å². The molecule has 1 saturated heterocycles. The van der Waals surface area contributed by atoms with E-state index in [0.717, 1.165) is 0 Å². The zero-order valence-electron chi connectivity index (χ0n) is 9.45. The Kier molecular flexibility index (Phi) is 4.08. The van der Waals surface area contributed by atoms with E-state index in [2.05, 4.69) is 5.32 Å². The van der Waals surface area contributed by atoms with E-state index in [1.807, 2.05) is 13.8 Å². The molecular weight excluding hydrogens is 196 g/mol. The third-order valence-electron chi connectivity index (χ3n) is 2.36. The number of nitrogens with one attached hydrogen (secondary N) is 1. The molecule has 0 bridgehead atoms. The van der Waals surface area contributed by atoms with Gasteiger partial charge in [-0.25, -0.2) is 0 Å². The van der Waals surface area contributed by atoms with Crippen LogP contribution in [0.1, 0.15) is 20.8 Å². The van der Waals surface area contributed by atoms with Crippen LogP contribution in [-0.2, 0) is 14.3 Å². The number of carbonyl (C=O) groups excluding carboxylic acids is 2. The maximum absolute atomic E-state index is 11.5. The summed E-state index contributed by atoms with van der Waals surface area (Å²) in [4.78, 5) is 24.3. The van der Waals surface area contributed by atoms with Crippen LogP contribution < -0.4 is 5.32 Å². The van der Waals surface area contributed by atoms with E-state index < -0.39 is 0 Å². The van der Waals surface area contributed by atoms with Gasteiger partial charge in [0.15, 0.2) is 0 Å². The number of ether oxygens (including phenoxy) is 1. The molecule has 1 fully saturated rings. The largest absolute Gasteiger partial charge is 0.377 e. The quantitative estimate of drug-likeness (QED) is 0.702. The van der Waals surface area contributed by atoms with Crippen molar-refractivity contribution < 1.29 is 14.3 Å². The molecule has 0 aromatic rings. The van der Waals surface area contributed by atoms with Crippen molar-refractivity contribution in [3.8, 4) is 0 Å². The lowest BCUT2D eigenvalue weighted by atomic mass is 10.2. The molecule has 0 radical (unpaired) electrons. The highest BCUT2D eigenvalue weighted by Gasteiger charge is 2.30. The molecule has 1 rings (SSSR count). The summed E-state index contributed by atoms with van der Waals surface area (Å²) >= 11 is 0. The van der Waals surface area contributed by atoms with Crippen molar-refractivity contribution in [3.63, 3.8) is 0 Å². The number of hydrogen-bond donors (Lipinski definition) is 1. The van der Waals surface area contributed by atoms with Crippen LogP contribution in [0.3, 0.4) is 0 Å². The average Bonchev–Trinajstić information content (AvgIpc) is 2.17. The van der Waals surface area contributed by atoms with Gasteiger partial charge in [0, 0.05) is 6.54 Å². The summed E-state index contributed by atoms with van der Waals surface area (Å²) in [7, 11) is 0. The van der Waals surface area contributed by atoms with Gasteiger partial charge < -0.3 is 15.0 Å². The monoisotopic (exact) mass is 214 g/mol. The fraction of sp³-hybridized carbons (Fsp3) is 0.800. The zero-order chi connectivity index (χ0) is 11.4. The van der Waals surface area contributed by atoms with Gasteiger partial charge in [0.2, 0.25) is 11.8 Å². The molecule has 0 spiro atoms. The lowest BCUT2D eigenvalue weighted by Gasteiger charge is -2.32. The highest BCUT2D eigenvalue weighted by Crippen LogP contribution is 2.04. The topological polar surface area (TPSA) is 58.6 Å². The number of piperazine rings is 1. The van der Waals surface area contributed by atoms with Crippen molar-refractivity contribution >= 4 is 11.8 Å². The molecule has 0 aromatic heterocycles. The van der Waals surface area contributed by atoms with Gasteiger partial charge in [-0.3, -0.25) is 9.59 Å². The number of amides is 2. The normalized spacial score (nSPS) is 22.1. The maximum atomic E-state index is 11.5. The molecule has 1 aliphatic heterocycles. The van der Waals surface area contributed by atoms with E-state index in [1.165, 1.54) is 0 Å². The van der Waals surface area contributed by atoms with E-state index >= 15 is 0 Å². The highest BCUT2D eigenvalue weighted by molar-refractivity contribution is 5.94. The Morgan fingerprint density at radius 3 is 2.80 bits per heavy atom. The minimum Gasteiger partial charge on any atom is -0.377 e. The van der Waals surface area contributed by atoms with E-state index in [1.54, 1.807) is 11.8 Å². The van der Waals surface area contributed by atoms with Gasteiger partial charge >= 0.3 is 0 Å². The van der Waals surface area contributed by atoms with Crippen LogP contribution >= 0.6 is 0 Å². The molecule has 15 heavy (non-hydrogen) atoms. The van der Waals surface area contributed by atoms with Gasteiger partial charge in [0.1, 0.15) is 6.04 Å². The van der Waals surface area contributed by atoms with Gasteiger partial charge in [-0.2, -0.15) is 0 Å². The van der Waals surface area contributed by atoms with E-state index in [-0.39, 0.29) is 30.5 Å². The molecule has 1 N–H and O–H groups in total. The maximum Gasteiger partial charge on any atom is 0.242 e. The molecule has 86 valence electrons. The molecule has 1 aliphatic rings. The van der Waals surface area contributed by atoms with E-state index in [9.17, 15) is 9.59 Å². The third kappa shape index (κ3) is 3.20. The van der Waals surface area contributed by atoms with Crippen LogP contribution in [0.4, 0.5) is 0 Å². The number of hydrogen-bond acceptors (Lipinski definition) is 3. The summed E-state index contributed by atoms with van der Waals surface area (Å²) in [5, 5.41) is 2.54. The van der Waals surface area contributed by atoms with Gasteiger partial charge in [-0.05, 0) is 20.8 Å². The second-order valence-corrected chi connectivity index (χ2v) is 3.90. The van der Waals surface area contributed by atoms with E-state index in [4.69, 9.17) is 4.74 Å². The average molecular weight is 214 g/mol. The first-order chi connectivity index (χ1) is 7.02. The van der Waals surface area contributed by atoms with Crippen molar-refractivity contribution in [3.05, 3.63) is 0 Å². The first-order valence-electron chi connectivity index (χ1n) is 5.21. The molecule has 5 nitrogen and oxygen atoms in total. The Morgan fingerprint density at radius 1 is 1.53 bits per heavy atom. The molecular formula is C10H18N2O3. The molecule has 1 heterocycles. The number of rotatable bonds is 4. The van der Waals surface area contributed by atoms with Gasteiger partial charge in [-0.15, -0.1) is 0 Å². The summed E-state index contributed by atoms with van der Waals surface area (Å²) in [6.07, 6.45) is 0.147. The summed E-state index contributed by atoms with van der Waals surface area (Å²) in [5.41, 5.74) is 0. The third-order valence-corrected chi connectivity index (χ3v) is 2.36. The fourth-order valence-electron chi connectivity index (χ4n) is 1.47. The molecule has 0 saturated carbocycles. The highest BCUT2D eigenvalue weighted by atomic mass is 16.5. The number of nitrogens with zero attached hydrogens (tertiary/aromatic N) is 1. The number of carbonyl (C=O) groups is 2. The molecule has 1 atom stereocenters. The molecule has 0 aromatic carbocycles. The second kappa shape index (κ2) is 5.11. The molecule has 5 heteroatoms. The summed E-state index contributed by atoms with van der Waals surface area (Å²) in [5.74, 6) is -0.145. The Labute approximate surface area is 89.8 Å².